The molecule has 2 aromatic carbocycles. The van der Waals surface area contributed by atoms with Gasteiger partial charge in [-0.2, -0.15) is 0 Å². The van der Waals surface area contributed by atoms with E-state index in [2.05, 4.69) is 36.1 Å². The topological polar surface area (TPSA) is 23.6 Å². The highest BCUT2D eigenvalue weighted by Gasteiger charge is 2.22. The number of carbonyl (C=O) groups is 1. The van der Waals surface area contributed by atoms with Crippen molar-refractivity contribution in [3.05, 3.63) is 70.8 Å². The minimum atomic E-state index is 0.165. The van der Waals surface area contributed by atoms with Crippen molar-refractivity contribution in [1.82, 2.24) is 9.80 Å². The number of amides is 1. The van der Waals surface area contributed by atoms with Crippen molar-refractivity contribution >= 4 is 5.91 Å². The second-order valence-corrected chi connectivity index (χ2v) is 6.37. The lowest BCUT2D eigenvalue weighted by Crippen LogP contribution is -2.48. The molecule has 0 spiro atoms. The summed E-state index contributed by atoms with van der Waals surface area (Å²) in [4.78, 5) is 17.0. The zero-order valence-corrected chi connectivity index (χ0v) is 14.0. The maximum absolute atomic E-state index is 12.6. The summed E-state index contributed by atoms with van der Waals surface area (Å²) in [5.41, 5.74) is 4.52. The van der Waals surface area contributed by atoms with Crippen LogP contribution in [-0.2, 0) is 6.54 Å². The highest BCUT2D eigenvalue weighted by Crippen LogP contribution is 2.14. The van der Waals surface area contributed by atoms with Crippen LogP contribution >= 0.6 is 0 Å². The van der Waals surface area contributed by atoms with Crippen LogP contribution in [0.5, 0.6) is 0 Å². The lowest BCUT2D eigenvalue weighted by atomic mass is 10.1. The number of benzene rings is 2. The summed E-state index contributed by atoms with van der Waals surface area (Å²) in [7, 11) is 0. The first kappa shape index (κ1) is 15.8. The number of hydrogen-bond donors (Lipinski definition) is 0. The predicted octanol–water partition coefficient (Wildman–Crippen LogP) is 3.26. The van der Waals surface area contributed by atoms with E-state index in [1.54, 1.807) is 0 Å². The Kier molecular flexibility index (Phi) is 4.77. The first-order valence-corrected chi connectivity index (χ1v) is 8.26. The van der Waals surface area contributed by atoms with Crippen molar-refractivity contribution in [1.29, 1.82) is 0 Å². The van der Waals surface area contributed by atoms with Gasteiger partial charge in [0, 0.05) is 38.3 Å². The standard InChI is InChI=1S/C20H24N2O/c1-16-7-9-18(10-8-16)15-21-11-13-22(14-12-21)20(23)19-6-4-3-5-17(19)2/h3-10H,11-15H2,1-2H3. The van der Waals surface area contributed by atoms with Crippen LogP contribution in [0.25, 0.3) is 0 Å². The zero-order chi connectivity index (χ0) is 16.2. The van der Waals surface area contributed by atoms with E-state index in [1.807, 2.05) is 36.1 Å². The quantitative estimate of drug-likeness (QED) is 0.869. The summed E-state index contributed by atoms with van der Waals surface area (Å²) >= 11 is 0. The van der Waals surface area contributed by atoms with E-state index in [4.69, 9.17) is 0 Å². The van der Waals surface area contributed by atoms with Gasteiger partial charge >= 0.3 is 0 Å². The molecule has 0 unspecified atom stereocenters. The van der Waals surface area contributed by atoms with Gasteiger partial charge in [0.15, 0.2) is 0 Å². The Labute approximate surface area is 138 Å². The van der Waals surface area contributed by atoms with Gasteiger partial charge in [-0.3, -0.25) is 9.69 Å². The van der Waals surface area contributed by atoms with E-state index in [0.717, 1.165) is 43.9 Å². The molecule has 1 aliphatic heterocycles. The Morgan fingerprint density at radius 1 is 0.913 bits per heavy atom. The first-order valence-electron chi connectivity index (χ1n) is 8.26. The molecule has 1 heterocycles. The Morgan fingerprint density at radius 2 is 1.57 bits per heavy atom. The summed E-state index contributed by atoms with van der Waals surface area (Å²) in [5.74, 6) is 0.165. The number of rotatable bonds is 3. The number of aryl methyl sites for hydroxylation is 2. The minimum Gasteiger partial charge on any atom is -0.336 e. The number of piperazine rings is 1. The lowest BCUT2D eigenvalue weighted by molar-refractivity contribution is 0.0628. The van der Waals surface area contributed by atoms with E-state index in [0.29, 0.717) is 0 Å². The van der Waals surface area contributed by atoms with Crippen LogP contribution in [0.1, 0.15) is 27.0 Å². The molecule has 120 valence electrons. The molecule has 0 aromatic heterocycles. The van der Waals surface area contributed by atoms with Gasteiger partial charge in [0.1, 0.15) is 0 Å². The van der Waals surface area contributed by atoms with Gasteiger partial charge in [-0.25, -0.2) is 0 Å². The van der Waals surface area contributed by atoms with Gasteiger partial charge in [0.2, 0.25) is 0 Å². The SMILES string of the molecule is Cc1ccc(CN2CCN(C(=O)c3ccccc3C)CC2)cc1. The summed E-state index contributed by atoms with van der Waals surface area (Å²) in [6, 6.07) is 16.6. The molecule has 3 nitrogen and oxygen atoms in total. The number of nitrogens with zero attached hydrogens (tertiary/aromatic N) is 2. The molecule has 0 aliphatic carbocycles. The third-order valence-corrected chi connectivity index (χ3v) is 4.56. The van der Waals surface area contributed by atoms with Gasteiger partial charge in [0.05, 0.1) is 0 Å². The van der Waals surface area contributed by atoms with Crippen molar-refractivity contribution in [2.45, 2.75) is 20.4 Å². The molecule has 23 heavy (non-hydrogen) atoms. The third kappa shape index (κ3) is 3.80. The van der Waals surface area contributed by atoms with Gasteiger partial charge < -0.3 is 4.90 Å². The Balaban J connectivity index is 1.57. The molecule has 1 fully saturated rings. The van der Waals surface area contributed by atoms with Crippen LogP contribution < -0.4 is 0 Å². The molecule has 1 saturated heterocycles. The van der Waals surface area contributed by atoms with Crippen molar-refractivity contribution in [3.63, 3.8) is 0 Å². The molecule has 0 radical (unpaired) electrons. The van der Waals surface area contributed by atoms with Crippen LogP contribution in [0.4, 0.5) is 0 Å². The monoisotopic (exact) mass is 308 g/mol. The second kappa shape index (κ2) is 6.97. The second-order valence-electron chi connectivity index (χ2n) is 6.37. The molecule has 0 N–H and O–H groups in total. The van der Waals surface area contributed by atoms with Crippen LogP contribution in [0.2, 0.25) is 0 Å². The van der Waals surface area contributed by atoms with E-state index in [9.17, 15) is 4.79 Å². The highest BCUT2D eigenvalue weighted by atomic mass is 16.2. The average Bonchev–Trinajstić information content (AvgIpc) is 2.57. The summed E-state index contributed by atoms with van der Waals surface area (Å²) < 4.78 is 0. The fourth-order valence-electron chi connectivity index (χ4n) is 3.04. The van der Waals surface area contributed by atoms with E-state index in [-0.39, 0.29) is 5.91 Å². The van der Waals surface area contributed by atoms with E-state index >= 15 is 0 Å². The summed E-state index contributed by atoms with van der Waals surface area (Å²) in [6.45, 7) is 8.56. The maximum atomic E-state index is 12.6. The number of hydrogen-bond acceptors (Lipinski definition) is 2. The Morgan fingerprint density at radius 3 is 2.22 bits per heavy atom. The van der Waals surface area contributed by atoms with Crippen LogP contribution in [0, 0.1) is 13.8 Å². The van der Waals surface area contributed by atoms with Crippen molar-refractivity contribution in [2.75, 3.05) is 26.2 Å². The van der Waals surface area contributed by atoms with Crippen molar-refractivity contribution in [3.8, 4) is 0 Å². The largest absolute Gasteiger partial charge is 0.336 e. The molecule has 1 aliphatic rings. The molecular weight excluding hydrogens is 284 g/mol. The summed E-state index contributed by atoms with van der Waals surface area (Å²) in [5, 5.41) is 0. The van der Waals surface area contributed by atoms with Gasteiger partial charge in [-0.1, -0.05) is 48.0 Å². The van der Waals surface area contributed by atoms with Gasteiger partial charge in [0.25, 0.3) is 5.91 Å². The maximum Gasteiger partial charge on any atom is 0.254 e. The zero-order valence-electron chi connectivity index (χ0n) is 14.0. The molecular formula is C20H24N2O. The molecule has 0 bridgehead atoms. The van der Waals surface area contributed by atoms with Crippen molar-refractivity contribution in [2.24, 2.45) is 0 Å². The summed E-state index contributed by atoms with van der Waals surface area (Å²) in [6.07, 6.45) is 0. The predicted molar refractivity (Wildman–Crippen MR) is 93.5 cm³/mol. The molecule has 1 amide bonds. The normalized spacial score (nSPS) is 15.7. The van der Waals surface area contributed by atoms with Crippen LogP contribution in [-0.4, -0.2) is 41.9 Å². The molecule has 0 atom stereocenters. The smallest absolute Gasteiger partial charge is 0.254 e. The fraction of sp³-hybridized carbons (Fsp3) is 0.350. The van der Waals surface area contributed by atoms with Crippen LogP contribution in [0.3, 0.4) is 0 Å². The fourth-order valence-corrected chi connectivity index (χ4v) is 3.04. The minimum absolute atomic E-state index is 0.165. The van der Waals surface area contributed by atoms with Crippen LogP contribution in [0.15, 0.2) is 48.5 Å². The highest BCUT2D eigenvalue weighted by molar-refractivity contribution is 5.95. The Hall–Kier alpha value is -2.13. The molecule has 0 saturated carbocycles. The van der Waals surface area contributed by atoms with E-state index in [1.165, 1.54) is 11.1 Å². The van der Waals surface area contributed by atoms with Crippen molar-refractivity contribution < 1.29 is 4.79 Å². The average molecular weight is 308 g/mol. The third-order valence-electron chi connectivity index (χ3n) is 4.56. The number of carbonyl (C=O) groups excluding carboxylic acids is 1. The molecule has 3 heteroatoms. The first-order chi connectivity index (χ1) is 11.1. The van der Waals surface area contributed by atoms with Gasteiger partial charge in [-0.05, 0) is 31.0 Å². The van der Waals surface area contributed by atoms with Gasteiger partial charge in [-0.15, -0.1) is 0 Å². The molecule has 2 aromatic rings. The lowest BCUT2D eigenvalue weighted by Gasteiger charge is -2.35. The van der Waals surface area contributed by atoms with E-state index < -0.39 is 0 Å². The Bertz CT molecular complexity index is 670. The molecule has 3 rings (SSSR count).